The molecule has 0 aromatic heterocycles. The molecule has 7 rings (SSSR count). The first-order valence-electron chi connectivity index (χ1n) is 18.3. The van der Waals surface area contributed by atoms with Crippen LogP contribution in [0.25, 0.3) is 22.3 Å². The fourth-order valence-electron chi connectivity index (χ4n) is 7.18. The quantitative estimate of drug-likeness (QED) is 0.0959. The number of nitrogens with one attached hydrogen (secondary N) is 2. The van der Waals surface area contributed by atoms with E-state index >= 15 is 0 Å². The topological polar surface area (TPSA) is 134 Å². The van der Waals surface area contributed by atoms with Gasteiger partial charge in [0.25, 0.3) is 21.6 Å². The lowest BCUT2D eigenvalue weighted by Crippen LogP contribution is -2.46. The molecule has 0 spiro atoms. The summed E-state index contributed by atoms with van der Waals surface area (Å²) in [7, 11) is -4.47. The van der Waals surface area contributed by atoms with Crippen molar-refractivity contribution in [1.82, 2.24) is 9.62 Å². The zero-order valence-corrected chi connectivity index (χ0v) is 31.8. The van der Waals surface area contributed by atoms with E-state index in [4.69, 9.17) is 16.3 Å². The Morgan fingerprint density at radius 3 is 2.24 bits per heavy atom. The first kappa shape index (κ1) is 38.0. The molecule has 2 heterocycles. The highest BCUT2D eigenvalue weighted by molar-refractivity contribution is 7.90. The van der Waals surface area contributed by atoms with E-state index in [9.17, 15) is 23.3 Å². The van der Waals surface area contributed by atoms with Crippen LogP contribution in [0.5, 0.6) is 0 Å². The van der Waals surface area contributed by atoms with Gasteiger partial charge >= 0.3 is 0 Å². The van der Waals surface area contributed by atoms with E-state index in [0.717, 1.165) is 68.4 Å². The smallest absolute Gasteiger partial charge is 0.293 e. The molecule has 284 valence electrons. The average molecular weight is 780 g/mol. The van der Waals surface area contributed by atoms with Gasteiger partial charge in [-0.2, -0.15) is 0 Å². The average Bonchev–Trinajstić information content (AvgIpc) is 3.21. The van der Waals surface area contributed by atoms with Gasteiger partial charge in [0.15, 0.2) is 0 Å². The van der Waals surface area contributed by atoms with Crippen LogP contribution in [0, 0.1) is 16.0 Å². The molecular formula is C42H42ClN5O6S. The van der Waals surface area contributed by atoms with Crippen molar-refractivity contribution in [3.8, 4) is 22.3 Å². The number of carbonyl (C=O) groups excluding carboxylic acids is 1. The number of sulfonamides is 1. The number of amides is 1. The van der Waals surface area contributed by atoms with Crippen molar-refractivity contribution < 1.29 is 22.9 Å². The normalized spacial score (nSPS) is 15.4. The number of nitrogens with zero attached hydrogens (tertiary/aromatic N) is 3. The van der Waals surface area contributed by atoms with Gasteiger partial charge < -0.3 is 15.0 Å². The molecule has 2 fully saturated rings. The Morgan fingerprint density at radius 2 is 1.51 bits per heavy atom. The van der Waals surface area contributed by atoms with E-state index < -0.39 is 20.9 Å². The molecule has 2 aliphatic heterocycles. The van der Waals surface area contributed by atoms with E-state index in [0.29, 0.717) is 36.3 Å². The van der Waals surface area contributed by atoms with E-state index in [2.05, 4.69) is 38.0 Å². The minimum atomic E-state index is -4.47. The molecule has 0 aliphatic carbocycles. The zero-order valence-electron chi connectivity index (χ0n) is 30.2. The van der Waals surface area contributed by atoms with Crippen molar-refractivity contribution >= 4 is 44.6 Å². The number of anilines is 2. The summed E-state index contributed by atoms with van der Waals surface area (Å²) in [6, 6.07) is 34.7. The number of nitro benzene ring substituents is 1. The molecule has 2 aliphatic rings. The third-order valence-corrected chi connectivity index (χ3v) is 11.8. The Balaban J connectivity index is 1.06. The lowest BCUT2D eigenvalue weighted by Gasteiger charge is -2.36. The van der Waals surface area contributed by atoms with E-state index in [1.54, 1.807) is 6.07 Å². The predicted octanol–water partition coefficient (Wildman–Crippen LogP) is 7.86. The minimum absolute atomic E-state index is 0.167. The Hall–Kier alpha value is -5.27. The molecule has 2 N–H and O–H groups in total. The summed E-state index contributed by atoms with van der Waals surface area (Å²) in [5.41, 5.74) is 5.77. The number of nitro groups is 1. The van der Waals surface area contributed by atoms with Gasteiger partial charge in [0.05, 0.1) is 9.82 Å². The van der Waals surface area contributed by atoms with Crippen LogP contribution in [0.3, 0.4) is 0 Å². The summed E-state index contributed by atoms with van der Waals surface area (Å²) in [6.45, 7) is 5.75. The fraction of sp³-hybridized carbons (Fsp3) is 0.262. The molecule has 13 heteroatoms. The molecule has 5 aromatic carbocycles. The lowest BCUT2D eigenvalue weighted by atomic mass is 9.98. The van der Waals surface area contributed by atoms with Gasteiger partial charge in [0.1, 0.15) is 5.69 Å². The monoisotopic (exact) mass is 779 g/mol. The summed E-state index contributed by atoms with van der Waals surface area (Å²) < 4.78 is 34.6. The number of ether oxygens (including phenoxy) is 1. The van der Waals surface area contributed by atoms with Gasteiger partial charge in [-0.3, -0.25) is 19.8 Å². The second-order valence-electron chi connectivity index (χ2n) is 13.8. The van der Waals surface area contributed by atoms with Gasteiger partial charge in [-0.15, -0.1) is 0 Å². The maximum absolute atomic E-state index is 13.8. The highest BCUT2D eigenvalue weighted by Crippen LogP contribution is 2.32. The third-order valence-electron chi connectivity index (χ3n) is 10.3. The Bertz CT molecular complexity index is 2260. The molecular weight excluding hydrogens is 738 g/mol. The Kier molecular flexibility index (Phi) is 11.8. The number of benzene rings is 5. The van der Waals surface area contributed by atoms with Crippen LogP contribution in [0.15, 0.2) is 120 Å². The van der Waals surface area contributed by atoms with Gasteiger partial charge in [-0.25, -0.2) is 13.1 Å². The standard InChI is InChI=1S/C42H42ClN5O6S/c43-34-12-10-32(11-13-34)37-9-5-4-8-33(37)29-46-20-22-47(23-21-46)35-14-16-38(39(26-35)31-6-2-1-3-7-31)42(49)45-55(52,53)36-15-17-40(41(27-36)48(50)51)44-28-30-18-24-54-25-19-30/h1-17,26-27,30,44H,18-25,28-29H2,(H,45,49). The van der Waals surface area contributed by atoms with Crippen LogP contribution in [0.1, 0.15) is 28.8 Å². The number of hydrogen-bond acceptors (Lipinski definition) is 9. The second-order valence-corrected chi connectivity index (χ2v) is 15.9. The van der Waals surface area contributed by atoms with Crippen LogP contribution in [-0.2, 0) is 21.3 Å². The first-order chi connectivity index (χ1) is 26.6. The van der Waals surface area contributed by atoms with Crippen molar-refractivity contribution in [3.63, 3.8) is 0 Å². The maximum Gasteiger partial charge on any atom is 0.293 e. The van der Waals surface area contributed by atoms with Gasteiger partial charge in [-0.1, -0.05) is 78.3 Å². The molecule has 0 atom stereocenters. The number of hydrogen-bond donors (Lipinski definition) is 2. The minimum Gasteiger partial charge on any atom is -0.381 e. The molecule has 0 radical (unpaired) electrons. The highest BCUT2D eigenvalue weighted by Gasteiger charge is 2.27. The zero-order chi connectivity index (χ0) is 38.4. The lowest BCUT2D eigenvalue weighted by molar-refractivity contribution is -0.384. The van der Waals surface area contributed by atoms with Crippen molar-refractivity contribution in [1.29, 1.82) is 0 Å². The maximum atomic E-state index is 13.8. The van der Waals surface area contributed by atoms with Gasteiger partial charge in [0, 0.05) is 74.8 Å². The molecule has 5 aromatic rings. The Labute approximate surface area is 326 Å². The van der Waals surface area contributed by atoms with E-state index in [1.165, 1.54) is 23.3 Å². The fourth-order valence-corrected chi connectivity index (χ4v) is 8.29. The highest BCUT2D eigenvalue weighted by atomic mass is 35.5. The van der Waals surface area contributed by atoms with Crippen LogP contribution >= 0.6 is 11.6 Å². The van der Waals surface area contributed by atoms with Crippen LogP contribution < -0.4 is 14.9 Å². The van der Waals surface area contributed by atoms with Gasteiger partial charge in [-0.05, 0) is 89.0 Å². The van der Waals surface area contributed by atoms with E-state index in [1.807, 2.05) is 72.8 Å². The SMILES string of the molecule is O=C(NS(=O)(=O)c1ccc(NCC2CCOCC2)c([N+](=O)[O-])c1)c1ccc(N2CCN(Cc3ccccc3-c3ccc(Cl)cc3)CC2)cc1-c1ccccc1. The molecule has 1 amide bonds. The van der Waals surface area contributed by atoms with E-state index in [-0.39, 0.29) is 21.8 Å². The number of halogens is 1. The number of piperazine rings is 1. The molecule has 55 heavy (non-hydrogen) atoms. The summed E-state index contributed by atoms with van der Waals surface area (Å²) in [5.74, 6) is -0.542. The molecule has 0 saturated carbocycles. The third kappa shape index (κ3) is 9.17. The van der Waals surface area contributed by atoms with Crippen molar-refractivity contribution in [2.24, 2.45) is 5.92 Å². The predicted molar refractivity (Wildman–Crippen MR) is 216 cm³/mol. The summed E-state index contributed by atoms with van der Waals surface area (Å²) >= 11 is 6.14. The molecule has 0 unspecified atom stereocenters. The molecule has 2 saturated heterocycles. The van der Waals surface area contributed by atoms with Crippen LogP contribution in [-0.4, -0.2) is 70.1 Å². The Morgan fingerprint density at radius 1 is 0.818 bits per heavy atom. The van der Waals surface area contributed by atoms with Crippen molar-refractivity contribution in [2.75, 3.05) is 56.2 Å². The van der Waals surface area contributed by atoms with Crippen molar-refractivity contribution in [3.05, 3.63) is 142 Å². The summed E-state index contributed by atoms with van der Waals surface area (Å²) in [6.07, 6.45) is 1.67. The molecule has 0 bridgehead atoms. The van der Waals surface area contributed by atoms with Gasteiger partial charge in [0.2, 0.25) is 0 Å². The first-order valence-corrected chi connectivity index (χ1v) is 20.2. The molecule has 11 nitrogen and oxygen atoms in total. The van der Waals surface area contributed by atoms with Crippen LogP contribution in [0.2, 0.25) is 5.02 Å². The number of carbonyl (C=O) groups is 1. The summed E-state index contributed by atoms with van der Waals surface area (Å²) in [4.78, 5) is 29.4. The second kappa shape index (κ2) is 17.0. The number of rotatable bonds is 12. The summed E-state index contributed by atoms with van der Waals surface area (Å²) in [5, 5.41) is 15.8. The largest absolute Gasteiger partial charge is 0.381 e. The van der Waals surface area contributed by atoms with Crippen molar-refractivity contribution in [2.45, 2.75) is 24.3 Å². The van der Waals surface area contributed by atoms with Crippen LogP contribution in [0.4, 0.5) is 17.1 Å².